The molecule has 0 saturated carbocycles. The third-order valence-corrected chi connectivity index (χ3v) is 5.94. The Morgan fingerprint density at radius 3 is 2.95 bits per heavy atom. The van der Waals surface area contributed by atoms with Gasteiger partial charge >= 0.3 is 0 Å². The predicted octanol–water partition coefficient (Wildman–Crippen LogP) is 6.96. The van der Waals surface area contributed by atoms with E-state index < -0.39 is 0 Å². The molecule has 0 bridgehead atoms. The Kier molecular flexibility index (Phi) is 5.28. The molecule has 1 aromatic carbocycles. The molecule has 120 valence electrons. The second-order valence-corrected chi connectivity index (χ2v) is 7.86. The summed E-state index contributed by atoms with van der Waals surface area (Å²) in [5, 5.41) is 1.44. The largest absolute Gasteiger partial charge is 0.358 e. The molecule has 3 rings (SSSR count). The van der Waals surface area contributed by atoms with Crippen LogP contribution in [-0.2, 0) is 6.42 Å². The van der Waals surface area contributed by atoms with Gasteiger partial charge in [-0.15, -0.1) is 0 Å². The average Bonchev–Trinajstić information content (AvgIpc) is 2.90. The van der Waals surface area contributed by atoms with Crippen LogP contribution in [0.4, 0.5) is 0 Å². The standard InChI is InChI=1S/C20H28BrN/c1-3-5-7-14(4-2)12-15-8-6-9-17-18-13-16(21)10-11-19(18)22-20(15)17/h10-11,13-15,22H,3-9,12H2,1-2H3. The Balaban J connectivity index is 1.86. The van der Waals surface area contributed by atoms with E-state index in [9.17, 15) is 0 Å². The highest BCUT2D eigenvalue weighted by atomic mass is 79.9. The Morgan fingerprint density at radius 2 is 2.18 bits per heavy atom. The minimum Gasteiger partial charge on any atom is -0.358 e. The molecule has 2 aromatic rings. The zero-order chi connectivity index (χ0) is 15.5. The summed E-state index contributed by atoms with van der Waals surface area (Å²) >= 11 is 3.63. The van der Waals surface area contributed by atoms with Crippen molar-refractivity contribution >= 4 is 26.8 Å². The minimum absolute atomic E-state index is 0.747. The minimum atomic E-state index is 0.747. The van der Waals surface area contributed by atoms with Gasteiger partial charge in [0.25, 0.3) is 0 Å². The number of halogens is 1. The van der Waals surface area contributed by atoms with Crippen LogP contribution in [0.15, 0.2) is 22.7 Å². The number of aromatic amines is 1. The van der Waals surface area contributed by atoms with Crippen molar-refractivity contribution < 1.29 is 0 Å². The number of rotatable bonds is 6. The summed E-state index contributed by atoms with van der Waals surface area (Å²) < 4.78 is 1.19. The van der Waals surface area contributed by atoms with E-state index in [2.05, 4.69) is 53.0 Å². The Labute approximate surface area is 143 Å². The molecule has 2 atom stereocenters. The SMILES string of the molecule is CCCCC(CC)CC1CCCc2c1[nH]c1ccc(Br)cc21. The van der Waals surface area contributed by atoms with Crippen molar-refractivity contribution in [3.05, 3.63) is 33.9 Å². The Bertz CT molecular complexity index is 628. The second kappa shape index (κ2) is 7.21. The van der Waals surface area contributed by atoms with E-state index in [-0.39, 0.29) is 0 Å². The average molecular weight is 362 g/mol. The number of H-pyrrole nitrogens is 1. The van der Waals surface area contributed by atoms with Gasteiger partial charge < -0.3 is 4.98 Å². The molecule has 1 heterocycles. The van der Waals surface area contributed by atoms with Gasteiger partial charge in [0.05, 0.1) is 0 Å². The quantitative estimate of drug-likeness (QED) is 0.572. The highest BCUT2D eigenvalue weighted by molar-refractivity contribution is 9.10. The molecule has 0 radical (unpaired) electrons. The van der Waals surface area contributed by atoms with Crippen molar-refractivity contribution in [2.45, 2.75) is 71.1 Å². The summed E-state index contributed by atoms with van der Waals surface area (Å²) in [5.41, 5.74) is 4.47. The molecule has 0 fully saturated rings. The van der Waals surface area contributed by atoms with E-state index >= 15 is 0 Å². The van der Waals surface area contributed by atoms with Crippen molar-refractivity contribution in [3.63, 3.8) is 0 Å². The van der Waals surface area contributed by atoms with Crippen LogP contribution < -0.4 is 0 Å². The van der Waals surface area contributed by atoms with E-state index in [1.54, 1.807) is 11.3 Å². The molecule has 0 spiro atoms. The normalized spacial score (nSPS) is 19.3. The third kappa shape index (κ3) is 3.27. The lowest BCUT2D eigenvalue weighted by molar-refractivity contribution is 0.361. The first-order chi connectivity index (χ1) is 10.7. The first-order valence-electron chi connectivity index (χ1n) is 9.02. The molecule has 1 N–H and O–H groups in total. The zero-order valence-corrected chi connectivity index (χ0v) is 15.5. The molecule has 1 aliphatic rings. The second-order valence-electron chi connectivity index (χ2n) is 6.95. The maximum absolute atomic E-state index is 3.76. The van der Waals surface area contributed by atoms with Crippen LogP contribution in [0.25, 0.3) is 10.9 Å². The third-order valence-electron chi connectivity index (χ3n) is 5.45. The lowest BCUT2D eigenvalue weighted by Crippen LogP contribution is -2.13. The smallest absolute Gasteiger partial charge is 0.0459 e. The lowest BCUT2D eigenvalue weighted by Gasteiger charge is -2.26. The molecule has 0 aliphatic heterocycles. The Hall–Kier alpha value is -0.760. The summed E-state index contributed by atoms with van der Waals surface area (Å²) in [7, 11) is 0. The van der Waals surface area contributed by atoms with Crippen LogP contribution in [0.3, 0.4) is 0 Å². The fraction of sp³-hybridized carbons (Fsp3) is 0.600. The van der Waals surface area contributed by atoms with Crippen molar-refractivity contribution in [3.8, 4) is 0 Å². The van der Waals surface area contributed by atoms with Gasteiger partial charge in [-0.2, -0.15) is 0 Å². The van der Waals surface area contributed by atoms with Gasteiger partial charge in [0.2, 0.25) is 0 Å². The molecule has 2 heteroatoms. The molecule has 0 saturated heterocycles. The number of nitrogens with one attached hydrogen (secondary N) is 1. The Morgan fingerprint density at radius 1 is 1.32 bits per heavy atom. The number of aryl methyl sites for hydroxylation is 1. The van der Waals surface area contributed by atoms with Crippen LogP contribution in [0.2, 0.25) is 0 Å². The summed E-state index contributed by atoms with van der Waals surface area (Å²) in [6.07, 6.45) is 10.8. The molecular formula is C20H28BrN. The van der Waals surface area contributed by atoms with Crippen LogP contribution >= 0.6 is 15.9 Å². The van der Waals surface area contributed by atoms with Gasteiger partial charge in [0.1, 0.15) is 0 Å². The molecule has 1 aliphatic carbocycles. The van der Waals surface area contributed by atoms with Gasteiger partial charge in [0.15, 0.2) is 0 Å². The summed E-state index contributed by atoms with van der Waals surface area (Å²) in [5.74, 6) is 1.64. The summed E-state index contributed by atoms with van der Waals surface area (Å²) in [4.78, 5) is 3.76. The van der Waals surface area contributed by atoms with Crippen LogP contribution in [0.5, 0.6) is 0 Å². The van der Waals surface area contributed by atoms with E-state index in [0.717, 1.165) is 11.8 Å². The highest BCUT2D eigenvalue weighted by Gasteiger charge is 2.26. The first kappa shape index (κ1) is 16.1. The van der Waals surface area contributed by atoms with E-state index in [1.807, 2.05) is 0 Å². The lowest BCUT2D eigenvalue weighted by atomic mass is 9.79. The molecule has 1 aromatic heterocycles. The molecule has 2 unspecified atom stereocenters. The van der Waals surface area contributed by atoms with Crippen LogP contribution in [-0.4, -0.2) is 4.98 Å². The zero-order valence-electron chi connectivity index (χ0n) is 13.9. The first-order valence-corrected chi connectivity index (χ1v) is 9.82. The number of fused-ring (bicyclic) bond motifs is 3. The van der Waals surface area contributed by atoms with Crippen molar-refractivity contribution in [1.29, 1.82) is 0 Å². The number of aromatic nitrogens is 1. The highest BCUT2D eigenvalue weighted by Crippen LogP contribution is 2.41. The predicted molar refractivity (Wildman–Crippen MR) is 99.6 cm³/mol. The van der Waals surface area contributed by atoms with Gasteiger partial charge in [-0.05, 0) is 61.3 Å². The van der Waals surface area contributed by atoms with Crippen molar-refractivity contribution in [2.24, 2.45) is 5.92 Å². The van der Waals surface area contributed by atoms with Crippen LogP contribution in [0.1, 0.15) is 76.0 Å². The van der Waals surface area contributed by atoms with Crippen molar-refractivity contribution in [1.82, 2.24) is 4.98 Å². The maximum atomic E-state index is 3.76. The fourth-order valence-electron chi connectivity index (χ4n) is 4.15. The number of hydrogen-bond donors (Lipinski definition) is 1. The molecule has 0 amide bonds. The van der Waals surface area contributed by atoms with Crippen molar-refractivity contribution in [2.75, 3.05) is 0 Å². The number of benzene rings is 1. The molecule has 1 nitrogen and oxygen atoms in total. The van der Waals surface area contributed by atoms with E-state index in [4.69, 9.17) is 0 Å². The van der Waals surface area contributed by atoms with Crippen LogP contribution in [0, 0.1) is 5.92 Å². The number of hydrogen-bond acceptors (Lipinski definition) is 0. The number of unbranched alkanes of at least 4 members (excludes halogenated alkanes) is 1. The fourth-order valence-corrected chi connectivity index (χ4v) is 4.51. The molecule has 22 heavy (non-hydrogen) atoms. The van der Waals surface area contributed by atoms with Gasteiger partial charge in [-0.3, -0.25) is 0 Å². The van der Waals surface area contributed by atoms with Gasteiger partial charge in [0, 0.05) is 21.1 Å². The topological polar surface area (TPSA) is 15.8 Å². The van der Waals surface area contributed by atoms with Gasteiger partial charge in [-0.1, -0.05) is 55.5 Å². The van der Waals surface area contributed by atoms with Gasteiger partial charge in [-0.25, -0.2) is 0 Å². The summed E-state index contributed by atoms with van der Waals surface area (Å²) in [6, 6.07) is 6.67. The van der Waals surface area contributed by atoms with E-state index in [1.165, 1.54) is 66.7 Å². The monoisotopic (exact) mass is 361 g/mol. The maximum Gasteiger partial charge on any atom is 0.0459 e. The molecular weight excluding hydrogens is 334 g/mol. The van der Waals surface area contributed by atoms with E-state index in [0.29, 0.717) is 0 Å². The summed E-state index contributed by atoms with van der Waals surface area (Å²) in [6.45, 7) is 4.67.